The van der Waals surface area contributed by atoms with Crippen molar-refractivity contribution in [2.45, 2.75) is 19.9 Å². The number of aryl methyl sites for hydroxylation is 1. The number of carbonyl (C=O) groups is 1. The van der Waals surface area contributed by atoms with Crippen molar-refractivity contribution in [3.63, 3.8) is 0 Å². The van der Waals surface area contributed by atoms with E-state index in [9.17, 15) is 4.79 Å². The highest BCUT2D eigenvalue weighted by molar-refractivity contribution is 5.78. The quantitative estimate of drug-likeness (QED) is 0.786. The van der Waals surface area contributed by atoms with E-state index in [4.69, 9.17) is 10.8 Å². The number of likely N-dealkylation sites (N-methyl/N-ethyl adjacent to an activating group) is 1. The van der Waals surface area contributed by atoms with Gasteiger partial charge in [0, 0.05) is 18.8 Å². The first kappa shape index (κ1) is 12.5. The lowest BCUT2D eigenvalue weighted by molar-refractivity contribution is -0.138. The molecular weight excluding hydrogens is 204 g/mol. The van der Waals surface area contributed by atoms with Crippen LogP contribution in [0.5, 0.6) is 0 Å². The third-order valence-electron chi connectivity index (χ3n) is 2.59. The lowest BCUT2D eigenvalue weighted by Gasteiger charge is -2.29. The molecule has 0 saturated heterocycles. The number of anilines is 1. The summed E-state index contributed by atoms with van der Waals surface area (Å²) in [5.74, 6) is -0.884. The number of benzene rings is 1. The highest BCUT2D eigenvalue weighted by atomic mass is 16.4. The molecule has 0 aromatic heterocycles. The number of hydrogen-bond donors (Lipinski definition) is 2. The smallest absolute Gasteiger partial charge is 0.327 e. The molecule has 0 aliphatic carbocycles. The van der Waals surface area contributed by atoms with Crippen molar-refractivity contribution in [2.75, 3.05) is 18.0 Å². The zero-order valence-electron chi connectivity index (χ0n) is 9.68. The van der Waals surface area contributed by atoms with E-state index in [0.29, 0.717) is 6.54 Å². The van der Waals surface area contributed by atoms with Crippen LogP contribution in [-0.4, -0.2) is 30.2 Å². The Morgan fingerprint density at radius 1 is 1.44 bits per heavy atom. The lowest BCUT2D eigenvalue weighted by Crippen LogP contribution is -2.46. The Morgan fingerprint density at radius 2 is 2.00 bits per heavy atom. The maximum absolute atomic E-state index is 11.0. The first-order valence-electron chi connectivity index (χ1n) is 5.36. The fraction of sp³-hybridized carbons (Fsp3) is 0.417. The molecule has 0 bridgehead atoms. The molecule has 0 amide bonds. The van der Waals surface area contributed by atoms with Gasteiger partial charge in [0.15, 0.2) is 0 Å². The second-order valence-corrected chi connectivity index (χ2v) is 3.71. The van der Waals surface area contributed by atoms with Gasteiger partial charge in [0.1, 0.15) is 6.04 Å². The molecule has 1 atom stereocenters. The van der Waals surface area contributed by atoms with E-state index in [2.05, 4.69) is 0 Å². The molecule has 1 unspecified atom stereocenters. The van der Waals surface area contributed by atoms with E-state index >= 15 is 0 Å². The van der Waals surface area contributed by atoms with Gasteiger partial charge in [0.2, 0.25) is 0 Å². The Kier molecular flexibility index (Phi) is 4.31. The van der Waals surface area contributed by atoms with E-state index in [1.54, 1.807) is 4.90 Å². The fourth-order valence-electron chi connectivity index (χ4n) is 1.68. The predicted octanol–water partition coefficient (Wildman–Crippen LogP) is 1.23. The summed E-state index contributed by atoms with van der Waals surface area (Å²) >= 11 is 0. The zero-order valence-corrected chi connectivity index (χ0v) is 9.68. The lowest BCUT2D eigenvalue weighted by atomic mass is 10.1. The molecule has 0 aliphatic rings. The molecule has 4 heteroatoms. The molecule has 0 fully saturated rings. The third-order valence-corrected chi connectivity index (χ3v) is 2.59. The molecule has 4 nitrogen and oxygen atoms in total. The molecule has 88 valence electrons. The topological polar surface area (TPSA) is 66.6 Å². The summed E-state index contributed by atoms with van der Waals surface area (Å²) in [6.45, 7) is 4.65. The van der Waals surface area contributed by atoms with Crippen molar-refractivity contribution in [2.24, 2.45) is 5.73 Å². The molecule has 0 saturated carbocycles. The normalized spacial score (nSPS) is 12.2. The van der Waals surface area contributed by atoms with E-state index in [1.165, 1.54) is 0 Å². The van der Waals surface area contributed by atoms with Gasteiger partial charge in [0.25, 0.3) is 0 Å². The predicted molar refractivity (Wildman–Crippen MR) is 64.7 cm³/mol. The molecule has 0 heterocycles. The van der Waals surface area contributed by atoms with E-state index in [1.807, 2.05) is 38.1 Å². The minimum Gasteiger partial charge on any atom is -0.480 e. The van der Waals surface area contributed by atoms with Crippen molar-refractivity contribution in [3.8, 4) is 0 Å². The number of nitrogens with zero attached hydrogens (tertiary/aromatic N) is 1. The third kappa shape index (κ3) is 2.73. The van der Waals surface area contributed by atoms with Crippen molar-refractivity contribution in [3.05, 3.63) is 29.8 Å². The molecule has 16 heavy (non-hydrogen) atoms. The molecular formula is C12H18N2O2. The number of carboxylic acid groups (broad SMARTS) is 1. The van der Waals surface area contributed by atoms with Gasteiger partial charge in [-0.2, -0.15) is 0 Å². The molecule has 0 spiro atoms. The van der Waals surface area contributed by atoms with Crippen LogP contribution in [-0.2, 0) is 4.79 Å². The zero-order chi connectivity index (χ0) is 12.1. The SMILES string of the molecule is CCN(c1ccc(C)cc1)C(CN)C(=O)O. The van der Waals surface area contributed by atoms with Crippen LogP contribution in [0.4, 0.5) is 5.69 Å². The van der Waals surface area contributed by atoms with E-state index in [0.717, 1.165) is 11.3 Å². The standard InChI is InChI=1S/C12H18N2O2/c1-3-14(11(8-13)12(15)16)10-6-4-9(2)5-7-10/h4-7,11H,3,8,13H2,1-2H3,(H,15,16). The molecule has 0 aliphatic heterocycles. The minimum atomic E-state index is -0.884. The van der Waals surface area contributed by atoms with Gasteiger partial charge in [-0.25, -0.2) is 4.79 Å². The van der Waals surface area contributed by atoms with Gasteiger partial charge in [-0.15, -0.1) is 0 Å². The largest absolute Gasteiger partial charge is 0.480 e. The summed E-state index contributed by atoms with van der Waals surface area (Å²) < 4.78 is 0. The number of aliphatic carboxylic acids is 1. The summed E-state index contributed by atoms with van der Waals surface area (Å²) in [4.78, 5) is 12.8. The molecule has 1 rings (SSSR count). The van der Waals surface area contributed by atoms with Crippen LogP contribution in [0, 0.1) is 6.92 Å². The summed E-state index contributed by atoms with van der Waals surface area (Å²) in [5.41, 5.74) is 7.54. The fourth-order valence-corrected chi connectivity index (χ4v) is 1.68. The first-order valence-corrected chi connectivity index (χ1v) is 5.36. The van der Waals surface area contributed by atoms with Crippen molar-refractivity contribution in [1.82, 2.24) is 0 Å². The second kappa shape index (κ2) is 5.51. The monoisotopic (exact) mass is 222 g/mol. The van der Waals surface area contributed by atoms with Crippen LogP contribution in [0.15, 0.2) is 24.3 Å². The molecule has 1 aromatic carbocycles. The van der Waals surface area contributed by atoms with Crippen LogP contribution in [0.2, 0.25) is 0 Å². The average Bonchev–Trinajstić information content (AvgIpc) is 2.26. The van der Waals surface area contributed by atoms with Crippen LogP contribution in [0.1, 0.15) is 12.5 Å². The van der Waals surface area contributed by atoms with Crippen LogP contribution >= 0.6 is 0 Å². The van der Waals surface area contributed by atoms with Crippen molar-refractivity contribution in [1.29, 1.82) is 0 Å². The Morgan fingerprint density at radius 3 is 2.38 bits per heavy atom. The average molecular weight is 222 g/mol. The van der Waals surface area contributed by atoms with E-state index in [-0.39, 0.29) is 6.54 Å². The van der Waals surface area contributed by atoms with E-state index < -0.39 is 12.0 Å². The Hall–Kier alpha value is -1.55. The minimum absolute atomic E-state index is 0.108. The van der Waals surface area contributed by atoms with Gasteiger partial charge in [0.05, 0.1) is 0 Å². The molecule has 1 aromatic rings. The highest BCUT2D eigenvalue weighted by Gasteiger charge is 2.22. The van der Waals surface area contributed by atoms with Crippen molar-refractivity contribution < 1.29 is 9.90 Å². The van der Waals surface area contributed by atoms with Crippen molar-refractivity contribution >= 4 is 11.7 Å². The van der Waals surface area contributed by atoms with Gasteiger partial charge in [-0.3, -0.25) is 0 Å². The van der Waals surface area contributed by atoms with Gasteiger partial charge in [-0.1, -0.05) is 17.7 Å². The number of hydrogen-bond acceptors (Lipinski definition) is 3. The van der Waals surface area contributed by atoms with Gasteiger partial charge in [-0.05, 0) is 26.0 Å². The summed E-state index contributed by atoms with van der Waals surface area (Å²) in [6, 6.07) is 7.11. The van der Waals surface area contributed by atoms with Gasteiger partial charge < -0.3 is 15.7 Å². The number of carboxylic acids is 1. The first-order chi connectivity index (χ1) is 7.60. The Labute approximate surface area is 95.7 Å². The number of rotatable bonds is 5. The van der Waals surface area contributed by atoms with Crippen LogP contribution in [0.25, 0.3) is 0 Å². The Balaban J connectivity index is 2.96. The van der Waals surface area contributed by atoms with Gasteiger partial charge >= 0.3 is 5.97 Å². The highest BCUT2D eigenvalue weighted by Crippen LogP contribution is 2.17. The summed E-state index contributed by atoms with van der Waals surface area (Å²) in [7, 11) is 0. The summed E-state index contributed by atoms with van der Waals surface area (Å²) in [5, 5.41) is 9.07. The number of nitrogens with two attached hydrogens (primary N) is 1. The molecule has 0 radical (unpaired) electrons. The molecule has 3 N–H and O–H groups in total. The second-order valence-electron chi connectivity index (χ2n) is 3.71. The maximum Gasteiger partial charge on any atom is 0.327 e. The van der Waals surface area contributed by atoms with Crippen LogP contribution < -0.4 is 10.6 Å². The Bertz CT molecular complexity index is 349. The maximum atomic E-state index is 11.0. The van der Waals surface area contributed by atoms with Crippen LogP contribution in [0.3, 0.4) is 0 Å². The summed E-state index contributed by atoms with van der Waals surface area (Å²) in [6.07, 6.45) is 0.